The van der Waals surface area contributed by atoms with E-state index in [1.54, 1.807) is 12.3 Å². The van der Waals surface area contributed by atoms with Crippen LogP contribution < -0.4 is 4.74 Å². The van der Waals surface area contributed by atoms with E-state index < -0.39 is 4.92 Å². The normalized spacial score (nSPS) is 15.7. The van der Waals surface area contributed by atoms with Crippen molar-refractivity contribution in [3.05, 3.63) is 28.1 Å². The van der Waals surface area contributed by atoms with Gasteiger partial charge in [0.1, 0.15) is 5.69 Å². The molecule has 2 rings (SSSR count). The molecule has 1 aromatic heterocycles. The molecule has 1 fully saturated rings. The van der Waals surface area contributed by atoms with Gasteiger partial charge in [-0.15, -0.1) is 0 Å². The lowest BCUT2D eigenvalue weighted by Gasteiger charge is -2.18. The van der Waals surface area contributed by atoms with E-state index in [4.69, 9.17) is 4.74 Å². The van der Waals surface area contributed by atoms with Gasteiger partial charge in [0.15, 0.2) is 0 Å². The van der Waals surface area contributed by atoms with Gasteiger partial charge in [0.25, 0.3) is 0 Å². The Morgan fingerprint density at radius 2 is 2.12 bits per heavy atom. The quantitative estimate of drug-likeness (QED) is 0.598. The highest BCUT2D eigenvalue weighted by atomic mass is 16.6. The van der Waals surface area contributed by atoms with Crippen molar-refractivity contribution in [2.24, 2.45) is 0 Å². The summed E-state index contributed by atoms with van der Waals surface area (Å²) in [6.45, 7) is 5.72. The Kier molecular flexibility index (Phi) is 2.77. The molecule has 1 heterocycles. The van der Waals surface area contributed by atoms with Gasteiger partial charge in [-0.3, -0.25) is 15.1 Å². The van der Waals surface area contributed by atoms with Crippen LogP contribution in [0.15, 0.2) is 12.3 Å². The van der Waals surface area contributed by atoms with Crippen molar-refractivity contribution < 1.29 is 9.66 Å². The van der Waals surface area contributed by atoms with Crippen LogP contribution >= 0.6 is 0 Å². The van der Waals surface area contributed by atoms with Crippen molar-refractivity contribution in [2.75, 3.05) is 0 Å². The summed E-state index contributed by atoms with van der Waals surface area (Å²) in [6.07, 6.45) is 3.67. The first-order chi connectivity index (χ1) is 7.89. The Labute approximate surface area is 100.0 Å². The summed E-state index contributed by atoms with van der Waals surface area (Å²) in [7, 11) is 0. The molecule has 0 aromatic carbocycles. The van der Waals surface area contributed by atoms with Crippen molar-refractivity contribution in [3.8, 4) is 5.75 Å². The zero-order valence-electron chi connectivity index (χ0n) is 10.3. The van der Waals surface area contributed by atoms with Crippen LogP contribution in [0, 0.1) is 10.1 Å². The van der Waals surface area contributed by atoms with E-state index in [1.807, 2.05) is 20.8 Å². The molecule has 0 radical (unpaired) electrons. The highest BCUT2D eigenvalue weighted by Crippen LogP contribution is 2.38. The van der Waals surface area contributed by atoms with E-state index in [0.717, 1.165) is 12.8 Å². The summed E-state index contributed by atoms with van der Waals surface area (Å²) in [5.74, 6) is 0.345. The van der Waals surface area contributed by atoms with Gasteiger partial charge in [0.2, 0.25) is 5.75 Å². The zero-order chi connectivity index (χ0) is 12.6. The highest BCUT2D eigenvalue weighted by Gasteiger charge is 2.33. The summed E-state index contributed by atoms with van der Waals surface area (Å²) < 4.78 is 5.57. The van der Waals surface area contributed by atoms with Gasteiger partial charge in [0, 0.05) is 17.7 Å². The van der Waals surface area contributed by atoms with Crippen molar-refractivity contribution in [2.45, 2.75) is 45.1 Å². The molecule has 5 nitrogen and oxygen atoms in total. The lowest BCUT2D eigenvalue weighted by atomic mass is 9.90. The summed E-state index contributed by atoms with van der Waals surface area (Å²) in [6, 6.07) is 1.58. The monoisotopic (exact) mass is 236 g/mol. The molecule has 0 amide bonds. The molecular formula is C12H16N2O3. The topological polar surface area (TPSA) is 65.3 Å². The molecule has 0 aliphatic heterocycles. The Balaban J connectivity index is 2.47. The molecule has 0 unspecified atom stereocenters. The minimum absolute atomic E-state index is 0.00639. The molecule has 0 saturated heterocycles. The van der Waals surface area contributed by atoms with Crippen LogP contribution in [0.25, 0.3) is 0 Å². The van der Waals surface area contributed by atoms with Crippen LogP contribution in [-0.2, 0) is 5.41 Å². The molecule has 1 aromatic rings. The van der Waals surface area contributed by atoms with E-state index in [2.05, 4.69) is 4.98 Å². The lowest BCUT2D eigenvalue weighted by molar-refractivity contribution is -0.387. The number of pyridine rings is 1. The van der Waals surface area contributed by atoms with Crippen molar-refractivity contribution in [1.82, 2.24) is 4.98 Å². The van der Waals surface area contributed by atoms with Gasteiger partial charge in [-0.2, -0.15) is 0 Å². The fourth-order valence-electron chi connectivity index (χ4n) is 1.62. The van der Waals surface area contributed by atoms with Gasteiger partial charge in [-0.1, -0.05) is 20.8 Å². The van der Waals surface area contributed by atoms with Crippen LogP contribution in [0.2, 0.25) is 0 Å². The van der Waals surface area contributed by atoms with Gasteiger partial charge in [-0.05, 0) is 12.8 Å². The van der Waals surface area contributed by atoms with Crippen molar-refractivity contribution >= 4 is 5.69 Å². The Morgan fingerprint density at radius 3 is 2.59 bits per heavy atom. The molecule has 0 N–H and O–H groups in total. The molecule has 1 aliphatic rings. The SMILES string of the molecule is CC(C)(C)c1nccc(OC2CC2)c1[N+](=O)[O-]. The van der Waals surface area contributed by atoms with Crippen LogP contribution in [-0.4, -0.2) is 16.0 Å². The van der Waals surface area contributed by atoms with Crippen LogP contribution in [0.4, 0.5) is 5.69 Å². The van der Waals surface area contributed by atoms with Gasteiger partial charge in [-0.25, -0.2) is 0 Å². The number of nitro groups is 1. The number of ether oxygens (including phenoxy) is 1. The van der Waals surface area contributed by atoms with Crippen LogP contribution in [0.3, 0.4) is 0 Å². The fraction of sp³-hybridized carbons (Fsp3) is 0.583. The second kappa shape index (κ2) is 3.98. The van der Waals surface area contributed by atoms with E-state index in [9.17, 15) is 10.1 Å². The van der Waals surface area contributed by atoms with E-state index in [1.165, 1.54) is 0 Å². The first kappa shape index (κ1) is 11.8. The standard InChI is InChI=1S/C12H16N2O3/c1-12(2,3)11-10(14(15)16)9(6-7-13-11)17-8-4-5-8/h6-8H,4-5H2,1-3H3. The maximum Gasteiger partial charge on any atom is 0.332 e. The van der Waals surface area contributed by atoms with Crippen LogP contribution in [0.5, 0.6) is 5.75 Å². The number of aromatic nitrogens is 1. The average Bonchev–Trinajstić information content (AvgIpc) is 2.99. The summed E-state index contributed by atoms with van der Waals surface area (Å²) in [4.78, 5) is 14.9. The zero-order valence-corrected chi connectivity index (χ0v) is 10.3. The molecule has 17 heavy (non-hydrogen) atoms. The summed E-state index contributed by atoms with van der Waals surface area (Å²) in [5.41, 5.74) is 0.109. The predicted octanol–water partition coefficient (Wildman–Crippen LogP) is 2.83. The fourth-order valence-corrected chi connectivity index (χ4v) is 1.62. The van der Waals surface area contributed by atoms with Gasteiger partial charge >= 0.3 is 5.69 Å². The molecule has 0 atom stereocenters. The van der Waals surface area contributed by atoms with Gasteiger partial charge in [0.05, 0.1) is 11.0 Å². The highest BCUT2D eigenvalue weighted by molar-refractivity contribution is 5.51. The molecule has 1 aliphatic carbocycles. The molecule has 1 saturated carbocycles. The van der Waals surface area contributed by atoms with E-state index in [-0.39, 0.29) is 17.2 Å². The third-order valence-electron chi connectivity index (χ3n) is 2.60. The first-order valence-corrected chi connectivity index (χ1v) is 5.70. The minimum atomic E-state index is -0.398. The molecule has 5 heteroatoms. The lowest BCUT2D eigenvalue weighted by Crippen LogP contribution is -2.17. The molecular weight excluding hydrogens is 220 g/mol. The number of hydrogen-bond donors (Lipinski definition) is 0. The smallest absolute Gasteiger partial charge is 0.332 e. The minimum Gasteiger partial charge on any atom is -0.483 e. The second-order valence-electron chi connectivity index (χ2n) is 5.33. The number of rotatable bonds is 3. The molecule has 0 spiro atoms. The Bertz CT molecular complexity index is 448. The average molecular weight is 236 g/mol. The number of nitrogens with zero attached hydrogens (tertiary/aromatic N) is 2. The van der Waals surface area contributed by atoms with Gasteiger partial charge < -0.3 is 4.74 Å². The third kappa shape index (κ3) is 2.54. The first-order valence-electron chi connectivity index (χ1n) is 5.70. The van der Waals surface area contributed by atoms with Crippen molar-refractivity contribution in [1.29, 1.82) is 0 Å². The Morgan fingerprint density at radius 1 is 1.47 bits per heavy atom. The largest absolute Gasteiger partial charge is 0.483 e. The summed E-state index contributed by atoms with van der Waals surface area (Å²) >= 11 is 0. The van der Waals surface area contributed by atoms with Crippen LogP contribution in [0.1, 0.15) is 39.3 Å². The second-order valence-corrected chi connectivity index (χ2v) is 5.33. The molecule has 0 bridgehead atoms. The van der Waals surface area contributed by atoms with Crippen molar-refractivity contribution in [3.63, 3.8) is 0 Å². The maximum atomic E-state index is 11.2. The summed E-state index contributed by atoms with van der Waals surface area (Å²) in [5, 5.41) is 11.2. The predicted molar refractivity (Wildman–Crippen MR) is 63.2 cm³/mol. The molecule has 92 valence electrons. The van der Waals surface area contributed by atoms with E-state index >= 15 is 0 Å². The third-order valence-corrected chi connectivity index (χ3v) is 2.60. The Hall–Kier alpha value is -1.65. The maximum absolute atomic E-state index is 11.2. The van der Waals surface area contributed by atoms with E-state index in [0.29, 0.717) is 11.4 Å². The number of hydrogen-bond acceptors (Lipinski definition) is 4.